The van der Waals surface area contributed by atoms with E-state index in [1.807, 2.05) is 29.1 Å². The van der Waals surface area contributed by atoms with Crippen LogP contribution in [0.1, 0.15) is 18.1 Å². The maximum atomic E-state index is 4.39. The minimum Gasteiger partial charge on any atom is -0.370 e. The molecule has 0 bridgehead atoms. The van der Waals surface area contributed by atoms with Crippen molar-refractivity contribution in [2.45, 2.75) is 20.4 Å². The van der Waals surface area contributed by atoms with E-state index >= 15 is 0 Å². The third-order valence-corrected chi connectivity index (χ3v) is 4.69. The highest BCUT2D eigenvalue weighted by molar-refractivity contribution is 5.79. The van der Waals surface area contributed by atoms with Gasteiger partial charge in [-0.15, -0.1) is 0 Å². The molecule has 0 aliphatic carbocycles. The lowest BCUT2D eigenvalue weighted by molar-refractivity contribution is 0.749. The zero-order chi connectivity index (χ0) is 20.5. The predicted octanol–water partition coefficient (Wildman–Crippen LogP) is 2.77. The fourth-order valence-corrected chi connectivity index (χ4v) is 3.12. The molecule has 0 saturated heterocycles. The summed E-state index contributed by atoms with van der Waals surface area (Å²) in [5.74, 6) is 1.63. The number of imidazole rings is 1. The molecule has 2 aromatic heterocycles. The molecule has 152 valence electrons. The first-order chi connectivity index (χ1) is 14.2. The van der Waals surface area contributed by atoms with Gasteiger partial charge in [-0.25, -0.2) is 9.97 Å². The molecule has 0 radical (unpaired) electrons. The first kappa shape index (κ1) is 20.4. The average Bonchev–Trinajstić information content (AvgIpc) is 3.28. The van der Waals surface area contributed by atoms with E-state index in [2.05, 4.69) is 68.6 Å². The normalized spacial score (nSPS) is 11.3. The lowest BCUT2D eigenvalue weighted by Gasteiger charge is -2.24. The van der Waals surface area contributed by atoms with Crippen molar-refractivity contribution in [3.8, 4) is 5.82 Å². The van der Waals surface area contributed by atoms with Gasteiger partial charge in [-0.05, 0) is 49.2 Å². The molecule has 7 nitrogen and oxygen atoms in total. The largest absolute Gasteiger partial charge is 0.370 e. The Labute approximate surface area is 172 Å². The molecule has 3 aromatic rings. The molecule has 0 aliphatic heterocycles. The number of pyridine rings is 1. The van der Waals surface area contributed by atoms with Gasteiger partial charge in [0.2, 0.25) is 0 Å². The Kier molecular flexibility index (Phi) is 7.22. The first-order valence-corrected chi connectivity index (χ1v) is 9.89. The predicted molar refractivity (Wildman–Crippen MR) is 119 cm³/mol. The van der Waals surface area contributed by atoms with Crippen molar-refractivity contribution in [2.24, 2.45) is 4.99 Å². The van der Waals surface area contributed by atoms with Gasteiger partial charge in [0, 0.05) is 57.5 Å². The van der Waals surface area contributed by atoms with E-state index in [4.69, 9.17) is 0 Å². The summed E-state index contributed by atoms with van der Waals surface area (Å²) in [6, 6.07) is 12.6. The molecule has 2 heterocycles. The molecule has 3 rings (SSSR count). The number of hydrogen-bond acceptors (Lipinski definition) is 4. The molecule has 0 aliphatic rings. The number of nitrogens with zero attached hydrogens (tertiary/aromatic N) is 5. The molecule has 2 N–H and O–H groups in total. The van der Waals surface area contributed by atoms with Crippen LogP contribution in [-0.2, 0) is 6.54 Å². The average molecular weight is 392 g/mol. The summed E-state index contributed by atoms with van der Waals surface area (Å²) in [6.07, 6.45) is 7.18. The van der Waals surface area contributed by atoms with Gasteiger partial charge in [-0.2, -0.15) is 0 Å². The third-order valence-electron chi connectivity index (χ3n) is 4.69. The molecule has 0 spiro atoms. The van der Waals surface area contributed by atoms with E-state index in [1.54, 1.807) is 19.6 Å². The molecule has 29 heavy (non-hydrogen) atoms. The van der Waals surface area contributed by atoms with Gasteiger partial charge >= 0.3 is 0 Å². The smallest absolute Gasteiger partial charge is 0.191 e. The van der Waals surface area contributed by atoms with Crippen LogP contribution in [0.4, 0.5) is 5.69 Å². The summed E-state index contributed by atoms with van der Waals surface area (Å²) in [4.78, 5) is 15.1. The van der Waals surface area contributed by atoms with Crippen LogP contribution in [0.3, 0.4) is 0 Å². The number of benzene rings is 1. The number of aryl methyl sites for hydroxylation is 1. The summed E-state index contributed by atoms with van der Waals surface area (Å²) in [6.45, 7) is 7.64. The summed E-state index contributed by atoms with van der Waals surface area (Å²) in [5, 5.41) is 6.76. The Morgan fingerprint density at radius 2 is 2.07 bits per heavy atom. The van der Waals surface area contributed by atoms with Crippen molar-refractivity contribution < 1.29 is 0 Å². The number of aliphatic imine (C=N–C) groups is 1. The summed E-state index contributed by atoms with van der Waals surface area (Å²) in [7, 11) is 1.79. The second kappa shape index (κ2) is 10.3. The second-order valence-corrected chi connectivity index (χ2v) is 6.76. The SMILES string of the molecule is CCN(CCNC(=NC)NCc1ccnc(-n2ccnc2)c1)c1cccc(C)c1. The monoisotopic (exact) mass is 391 g/mol. The van der Waals surface area contributed by atoms with Crippen molar-refractivity contribution in [1.29, 1.82) is 0 Å². The Morgan fingerprint density at radius 1 is 1.17 bits per heavy atom. The van der Waals surface area contributed by atoms with Gasteiger partial charge < -0.3 is 15.5 Å². The molecule has 7 heteroatoms. The molecule has 0 amide bonds. The highest BCUT2D eigenvalue weighted by Crippen LogP contribution is 2.15. The molecule has 0 saturated carbocycles. The zero-order valence-electron chi connectivity index (χ0n) is 17.3. The van der Waals surface area contributed by atoms with E-state index in [0.29, 0.717) is 6.54 Å². The molecule has 0 fully saturated rings. The van der Waals surface area contributed by atoms with Crippen molar-refractivity contribution in [3.63, 3.8) is 0 Å². The van der Waals surface area contributed by atoms with E-state index in [-0.39, 0.29) is 0 Å². The van der Waals surface area contributed by atoms with Crippen LogP contribution in [0.25, 0.3) is 5.82 Å². The van der Waals surface area contributed by atoms with Gasteiger partial charge in [0.05, 0.1) is 0 Å². The minimum atomic E-state index is 0.666. The van der Waals surface area contributed by atoms with Crippen LogP contribution in [-0.4, -0.2) is 47.2 Å². The Bertz CT molecular complexity index is 918. The maximum absolute atomic E-state index is 4.39. The summed E-state index contributed by atoms with van der Waals surface area (Å²) in [5.41, 5.74) is 3.65. The molecule has 0 unspecified atom stereocenters. The number of guanidine groups is 1. The van der Waals surface area contributed by atoms with Crippen LogP contribution in [0, 0.1) is 6.92 Å². The van der Waals surface area contributed by atoms with Crippen molar-refractivity contribution >= 4 is 11.6 Å². The van der Waals surface area contributed by atoms with E-state index in [9.17, 15) is 0 Å². The number of anilines is 1. The quantitative estimate of drug-likeness (QED) is 0.456. The van der Waals surface area contributed by atoms with E-state index in [1.165, 1.54) is 11.3 Å². The minimum absolute atomic E-state index is 0.666. The highest BCUT2D eigenvalue weighted by atomic mass is 15.2. The number of rotatable bonds is 8. The van der Waals surface area contributed by atoms with Gasteiger partial charge in [0.15, 0.2) is 5.96 Å². The van der Waals surface area contributed by atoms with Crippen molar-refractivity contribution in [3.05, 3.63) is 72.4 Å². The summed E-state index contributed by atoms with van der Waals surface area (Å²) >= 11 is 0. The van der Waals surface area contributed by atoms with Crippen LogP contribution >= 0.6 is 0 Å². The van der Waals surface area contributed by atoms with Crippen molar-refractivity contribution in [2.75, 3.05) is 31.6 Å². The van der Waals surface area contributed by atoms with E-state index in [0.717, 1.165) is 37.0 Å². The second-order valence-electron chi connectivity index (χ2n) is 6.76. The third kappa shape index (κ3) is 5.81. The van der Waals surface area contributed by atoms with Crippen LogP contribution < -0.4 is 15.5 Å². The Morgan fingerprint density at radius 3 is 2.79 bits per heavy atom. The number of hydrogen-bond donors (Lipinski definition) is 2. The standard InChI is InChI=1S/C22H29N7/c1-4-28(20-7-5-6-18(2)14-20)13-11-26-22(23-3)27-16-19-8-9-25-21(15-19)29-12-10-24-17-29/h5-10,12,14-15,17H,4,11,13,16H2,1-3H3,(H2,23,26,27). The van der Waals surface area contributed by atoms with Crippen LogP contribution in [0.15, 0.2) is 66.3 Å². The van der Waals surface area contributed by atoms with Crippen molar-refractivity contribution in [1.82, 2.24) is 25.2 Å². The lowest BCUT2D eigenvalue weighted by atomic mass is 10.2. The zero-order valence-corrected chi connectivity index (χ0v) is 17.3. The number of aromatic nitrogens is 3. The van der Waals surface area contributed by atoms with Gasteiger partial charge in [-0.3, -0.25) is 9.56 Å². The molecule has 1 aromatic carbocycles. The fraction of sp³-hybridized carbons (Fsp3) is 0.318. The van der Waals surface area contributed by atoms with Crippen LogP contribution in [0.2, 0.25) is 0 Å². The number of nitrogens with one attached hydrogen (secondary N) is 2. The molecule has 0 atom stereocenters. The molecular formula is C22H29N7. The lowest BCUT2D eigenvalue weighted by Crippen LogP contribution is -2.41. The molecular weight excluding hydrogens is 362 g/mol. The van der Waals surface area contributed by atoms with Gasteiger partial charge in [0.25, 0.3) is 0 Å². The Balaban J connectivity index is 1.50. The fourth-order valence-electron chi connectivity index (χ4n) is 3.12. The Hall–Kier alpha value is -3.35. The van der Waals surface area contributed by atoms with E-state index < -0.39 is 0 Å². The number of likely N-dealkylation sites (N-methyl/N-ethyl adjacent to an activating group) is 1. The van der Waals surface area contributed by atoms with Crippen LogP contribution in [0.5, 0.6) is 0 Å². The first-order valence-electron chi connectivity index (χ1n) is 9.89. The van der Waals surface area contributed by atoms with Gasteiger partial charge in [-0.1, -0.05) is 12.1 Å². The summed E-state index contributed by atoms with van der Waals surface area (Å²) < 4.78 is 1.89. The highest BCUT2D eigenvalue weighted by Gasteiger charge is 2.06. The van der Waals surface area contributed by atoms with Gasteiger partial charge in [0.1, 0.15) is 12.1 Å². The topological polar surface area (TPSA) is 70.4 Å². The maximum Gasteiger partial charge on any atom is 0.191 e.